The lowest BCUT2D eigenvalue weighted by atomic mass is 9.95. The van der Waals surface area contributed by atoms with Crippen LogP contribution in [0.25, 0.3) is 5.76 Å². The fraction of sp³-hybridized carbons (Fsp3) is 0.192. The summed E-state index contributed by atoms with van der Waals surface area (Å²) >= 11 is 0. The van der Waals surface area contributed by atoms with Crippen molar-refractivity contribution in [2.24, 2.45) is 0 Å². The van der Waals surface area contributed by atoms with Crippen LogP contribution in [0.5, 0.6) is 5.75 Å². The van der Waals surface area contributed by atoms with Gasteiger partial charge in [-0.2, -0.15) is 0 Å². The number of hydrogen-bond donors (Lipinski definition) is 1. The number of pyridine rings is 1. The molecule has 1 amide bonds. The number of carbonyl (C=O) groups is 2. The number of aromatic nitrogens is 1. The van der Waals surface area contributed by atoms with Crippen LogP contribution in [0, 0.1) is 6.92 Å². The number of ether oxygens (including phenoxy) is 1. The van der Waals surface area contributed by atoms with E-state index in [0.717, 1.165) is 11.1 Å². The summed E-state index contributed by atoms with van der Waals surface area (Å²) in [5.74, 6) is -0.845. The highest BCUT2D eigenvalue weighted by Gasteiger charge is 2.46. The van der Waals surface area contributed by atoms with E-state index in [1.165, 1.54) is 4.90 Å². The van der Waals surface area contributed by atoms with Gasteiger partial charge < -0.3 is 14.7 Å². The van der Waals surface area contributed by atoms with Gasteiger partial charge in [0.1, 0.15) is 11.5 Å². The average Bonchev–Trinajstić information content (AvgIpc) is 3.05. The second kappa shape index (κ2) is 9.06. The third-order valence-electron chi connectivity index (χ3n) is 5.45. The van der Waals surface area contributed by atoms with Crippen molar-refractivity contribution in [2.45, 2.75) is 26.4 Å². The van der Waals surface area contributed by atoms with Crippen LogP contribution in [0.3, 0.4) is 0 Å². The molecule has 0 spiro atoms. The van der Waals surface area contributed by atoms with Crippen LogP contribution in [0.4, 0.5) is 0 Å². The molecule has 1 atom stereocenters. The van der Waals surface area contributed by atoms with Crippen LogP contribution in [0.2, 0.25) is 0 Å². The molecule has 1 aliphatic heterocycles. The van der Waals surface area contributed by atoms with Crippen LogP contribution in [-0.4, -0.2) is 33.3 Å². The highest BCUT2D eigenvalue weighted by atomic mass is 16.5. The molecule has 1 aromatic heterocycles. The molecule has 2 heterocycles. The number of aryl methyl sites for hydroxylation is 1. The quantitative estimate of drug-likeness (QED) is 0.357. The Kier molecular flexibility index (Phi) is 6.03. The van der Waals surface area contributed by atoms with E-state index in [2.05, 4.69) is 4.98 Å². The van der Waals surface area contributed by atoms with Crippen molar-refractivity contribution < 1.29 is 19.4 Å². The molecule has 32 heavy (non-hydrogen) atoms. The number of aliphatic hydroxyl groups is 1. The standard InChI is InChI=1S/C26H24N2O4/c1-3-32-21-12-10-19(11-13-21)23-22(24(29)20-8-6-17(2)7-9-20)25(30)26(31)28(23)16-18-5-4-14-27-15-18/h4-15,23,29H,3,16H2,1-2H3/b24-22+/t23-/m1/s1. The molecular formula is C26H24N2O4. The van der Waals surface area contributed by atoms with Crippen molar-refractivity contribution in [1.29, 1.82) is 0 Å². The summed E-state index contributed by atoms with van der Waals surface area (Å²) in [7, 11) is 0. The molecule has 1 aliphatic rings. The normalized spacial score (nSPS) is 17.6. The number of benzene rings is 2. The van der Waals surface area contributed by atoms with Gasteiger partial charge >= 0.3 is 0 Å². The van der Waals surface area contributed by atoms with E-state index in [1.807, 2.05) is 44.2 Å². The number of likely N-dealkylation sites (tertiary alicyclic amines) is 1. The summed E-state index contributed by atoms with van der Waals surface area (Å²) in [5, 5.41) is 11.1. The predicted molar refractivity (Wildman–Crippen MR) is 121 cm³/mol. The number of hydrogen-bond acceptors (Lipinski definition) is 5. The maximum absolute atomic E-state index is 13.1. The minimum Gasteiger partial charge on any atom is -0.507 e. The van der Waals surface area contributed by atoms with Gasteiger partial charge in [0, 0.05) is 24.5 Å². The lowest BCUT2D eigenvalue weighted by Gasteiger charge is -2.25. The smallest absolute Gasteiger partial charge is 0.295 e. The first-order chi connectivity index (χ1) is 15.5. The third kappa shape index (κ3) is 4.12. The molecule has 6 heteroatoms. The molecular weight excluding hydrogens is 404 g/mol. The molecule has 0 unspecified atom stereocenters. The Morgan fingerprint density at radius 3 is 2.41 bits per heavy atom. The number of rotatable bonds is 6. The Bertz CT molecular complexity index is 1150. The summed E-state index contributed by atoms with van der Waals surface area (Å²) in [6.07, 6.45) is 3.31. The molecule has 6 nitrogen and oxygen atoms in total. The fourth-order valence-electron chi connectivity index (χ4n) is 3.86. The van der Waals surface area contributed by atoms with Crippen LogP contribution >= 0.6 is 0 Å². The van der Waals surface area contributed by atoms with E-state index in [-0.39, 0.29) is 17.9 Å². The minimum absolute atomic E-state index is 0.0758. The summed E-state index contributed by atoms with van der Waals surface area (Å²) < 4.78 is 5.53. The molecule has 4 rings (SSSR count). The topological polar surface area (TPSA) is 79.7 Å². The van der Waals surface area contributed by atoms with E-state index in [1.54, 1.807) is 42.7 Å². The van der Waals surface area contributed by atoms with Gasteiger partial charge in [0.05, 0.1) is 18.2 Å². The first kappa shape index (κ1) is 21.3. The second-order valence-electron chi connectivity index (χ2n) is 7.66. The zero-order valence-electron chi connectivity index (χ0n) is 18.0. The molecule has 1 saturated heterocycles. The second-order valence-corrected chi connectivity index (χ2v) is 7.66. The van der Waals surface area contributed by atoms with Crippen LogP contribution in [0.15, 0.2) is 78.6 Å². The molecule has 0 bridgehead atoms. The first-order valence-corrected chi connectivity index (χ1v) is 10.5. The predicted octanol–water partition coefficient (Wildman–Crippen LogP) is 4.41. The molecule has 3 aromatic rings. The van der Waals surface area contributed by atoms with Crippen molar-refractivity contribution in [1.82, 2.24) is 9.88 Å². The summed E-state index contributed by atoms with van der Waals surface area (Å²) in [6.45, 7) is 4.57. The van der Waals surface area contributed by atoms with Gasteiger partial charge in [0.15, 0.2) is 0 Å². The zero-order valence-corrected chi connectivity index (χ0v) is 18.0. The Hall–Kier alpha value is -3.93. The average molecular weight is 428 g/mol. The Morgan fingerprint density at radius 2 is 1.78 bits per heavy atom. The molecule has 1 N–H and O–H groups in total. The number of ketones is 1. The van der Waals surface area contributed by atoms with Gasteiger partial charge in [-0.15, -0.1) is 0 Å². The largest absolute Gasteiger partial charge is 0.507 e. The minimum atomic E-state index is -0.729. The SMILES string of the molecule is CCOc1ccc([C@@H]2/C(=C(\O)c3ccc(C)cc3)C(=O)C(=O)N2Cc2cccnc2)cc1. The zero-order chi connectivity index (χ0) is 22.7. The number of Topliss-reactive ketones (excluding diaryl/α,β-unsaturated/α-hetero) is 1. The van der Waals surface area contributed by atoms with Crippen molar-refractivity contribution >= 4 is 17.4 Å². The van der Waals surface area contributed by atoms with Crippen LogP contribution in [-0.2, 0) is 16.1 Å². The molecule has 162 valence electrons. The van der Waals surface area contributed by atoms with E-state index >= 15 is 0 Å². The van der Waals surface area contributed by atoms with Gasteiger partial charge in [-0.05, 0) is 43.2 Å². The fourth-order valence-corrected chi connectivity index (χ4v) is 3.86. The third-order valence-corrected chi connectivity index (χ3v) is 5.45. The highest BCUT2D eigenvalue weighted by molar-refractivity contribution is 6.46. The molecule has 0 radical (unpaired) electrons. The van der Waals surface area contributed by atoms with Gasteiger partial charge in [0.2, 0.25) is 0 Å². The van der Waals surface area contributed by atoms with Crippen LogP contribution in [0.1, 0.15) is 35.2 Å². The number of aliphatic hydroxyl groups excluding tert-OH is 1. The molecule has 2 aromatic carbocycles. The van der Waals surface area contributed by atoms with Gasteiger partial charge in [0.25, 0.3) is 11.7 Å². The van der Waals surface area contributed by atoms with Crippen molar-refractivity contribution in [3.05, 3.63) is 101 Å². The Labute approximate surface area is 186 Å². The Morgan fingerprint density at radius 1 is 1.06 bits per heavy atom. The summed E-state index contributed by atoms with van der Waals surface area (Å²) in [5.41, 5.74) is 3.10. The number of carbonyl (C=O) groups excluding carboxylic acids is 2. The van der Waals surface area contributed by atoms with Crippen molar-refractivity contribution in [3.63, 3.8) is 0 Å². The maximum Gasteiger partial charge on any atom is 0.295 e. The Balaban J connectivity index is 1.83. The van der Waals surface area contributed by atoms with Gasteiger partial charge in [-0.1, -0.05) is 48.0 Å². The lowest BCUT2D eigenvalue weighted by Crippen LogP contribution is -2.29. The van der Waals surface area contributed by atoms with Crippen molar-refractivity contribution in [3.8, 4) is 5.75 Å². The lowest BCUT2D eigenvalue weighted by molar-refractivity contribution is -0.140. The van der Waals surface area contributed by atoms with E-state index in [0.29, 0.717) is 23.5 Å². The van der Waals surface area contributed by atoms with E-state index in [4.69, 9.17) is 4.74 Å². The van der Waals surface area contributed by atoms with Gasteiger partial charge in [-0.25, -0.2) is 0 Å². The van der Waals surface area contributed by atoms with Crippen LogP contribution < -0.4 is 4.74 Å². The molecule has 1 fully saturated rings. The number of nitrogens with zero attached hydrogens (tertiary/aromatic N) is 2. The highest BCUT2D eigenvalue weighted by Crippen LogP contribution is 2.40. The maximum atomic E-state index is 13.1. The van der Waals surface area contributed by atoms with E-state index in [9.17, 15) is 14.7 Å². The summed E-state index contributed by atoms with van der Waals surface area (Å²) in [4.78, 5) is 31.7. The summed E-state index contributed by atoms with van der Waals surface area (Å²) in [6, 6.07) is 17.3. The molecule has 0 saturated carbocycles. The van der Waals surface area contributed by atoms with E-state index < -0.39 is 17.7 Å². The number of amides is 1. The van der Waals surface area contributed by atoms with Gasteiger partial charge in [-0.3, -0.25) is 14.6 Å². The first-order valence-electron chi connectivity index (χ1n) is 10.5. The van der Waals surface area contributed by atoms with Crippen molar-refractivity contribution in [2.75, 3.05) is 6.61 Å². The molecule has 0 aliphatic carbocycles. The monoisotopic (exact) mass is 428 g/mol.